The normalized spacial score (nSPS) is 12.3. The highest BCUT2D eigenvalue weighted by atomic mass is 19.4. The van der Waals surface area contributed by atoms with Crippen molar-refractivity contribution in [3.05, 3.63) is 89.8 Å². The third-order valence-corrected chi connectivity index (χ3v) is 4.96. The second kappa shape index (κ2) is 12.0. The highest BCUT2D eigenvalue weighted by Crippen LogP contribution is 2.28. The Bertz CT molecular complexity index is 1210. The van der Waals surface area contributed by atoms with Gasteiger partial charge in [0.15, 0.2) is 0 Å². The molecular formula is C25H24F3N5O3. The summed E-state index contributed by atoms with van der Waals surface area (Å²) in [7, 11) is 0. The number of aliphatic hydroxyl groups is 1. The number of para-hydroxylation sites is 2. The molecule has 8 nitrogen and oxygen atoms in total. The van der Waals surface area contributed by atoms with Crippen LogP contribution in [0.15, 0.2) is 72.9 Å². The van der Waals surface area contributed by atoms with Crippen LogP contribution in [-0.2, 0) is 15.8 Å². The van der Waals surface area contributed by atoms with E-state index in [4.69, 9.17) is 10.8 Å². The molecule has 1 atom stereocenters. The molecular weight excluding hydrogens is 475 g/mol. The molecule has 11 heteroatoms. The van der Waals surface area contributed by atoms with E-state index >= 15 is 0 Å². The third-order valence-electron chi connectivity index (χ3n) is 4.96. The first-order valence-corrected chi connectivity index (χ1v) is 10.8. The number of rotatable bonds is 9. The zero-order valence-electron chi connectivity index (χ0n) is 18.9. The van der Waals surface area contributed by atoms with Crippen LogP contribution in [0.5, 0.6) is 0 Å². The number of hydrogen-bond acceptors (Lipinski definition) is 6. The number of nitrogens with two attached hydrogens (primary N) is 1. The molecule has 0 aliphatic heterocycles. The summed E-state index contributed by atoms with van der Waals surface area (Å²) in [5, 5.41) is 17.2. The topological polar surface area (TPSA) is 129 Å². The number of aliphatic hydroxyl groups excluding tert-OH is 1. The first-order valence-electron chi connectivity index (χ1n) is 10.8. The summed E-state index contributed by atoms with van der Waals surface area (Å²) in [5.74, 6) is -0.919. The Morgan fingerprint density at radius 3 is 2.36 bits per heavy atom. The van der Waals surface area contributed by atoms with Gasteiger partial charge in [0, 0.05) is 12.6 Å². The monoisotopic (exact) mass is 499 g/mol. The van der Waals surface area contributed by atoms with Crippen LogP contribution in [0.25, 0.3) is 6.08 Å². The first kappa shape index (κ1) is 26.4. The second-order valence-electron chi connectivity index (χ2n) is 7.61. The van der Waals surface area contributed by atoms with Crippen molar-refractivity contribution in [2.24, 2.45) is 0 Å². The smallest absolute Gasteiger partial charge is 0.397 e. The minimum Gasteiger partial charge on any atom is -0.397 e. The zero-order valence-corrected chi connectivity index (χ0v) is 18.9. The van der Waals surface area contributed by atoms with Crippen molar-refractivity contribution < 1.29 is 27.9 Å². The summed E-state index contributed by atoms with van der Waals surface area (Å²) >= 11 is 0. The number of nitrogens with zero attached hydrogens (tertiary/aromatic N) is 1. The van der Waals surface area contributed by atoms with E-state index in [1.54, 1.807) is 54.6 Å². The number of hydrogen-bond donors (Lipinski definition) is 5. The maximum atomic E-state index is 12.8. The predicted molar refractivity (Wildman–Crippen MR) is 131 cm³/mol. The number of carbonyl (C=O) groups is 2. The Balaban J connectivity index is 1.67. The molecule has 0 aliphatic carbocycles. The molecule has 36 heavy (non-hydrogen) atoms. The van der Waals surface area contributed by atoms with Gasteiger partial charge < -0.3 is 21.5 Å². The van der Waals surface area contributed by atoms with Crippen molar-refractivity contribution in [2.45, 2.75) is 12.2 Å². The third kappa shape index (κ3) is 7.39. The van der Waals surface area contributed by atoms with Gasteiger partial charge in [0.1, 0.15) is 11.7 Å². The Morgan fingerprint density at radius 2 is 1.75 bits per heavy atom. The number of anilines is 3. The van der Waals surface area contributed by atoms with Gasteiger partial charge in [-0.15, -0.1) is 0 Å². The van der Waals surface area contributed by atoms with Crippen molar-refractivity contribution in [3.63, 3.8) is 0 Å². The SMILES string of the molecule is Nc1ccccc1NC(=O)/C=C/c1ccc(C(NCCO)C(=O)Nc2ccc(C(F)(F)F)nc2)cc1. The number of aromatic nitrogens is 1. The molecule has 3 rings (SSSR count). The fourth-order valence-corrected chi connectivity index (χ4v) is 3.18. The molecule has 0 radical (unpaired) electrons. The van der Waals surface area contributed by atoms with Gasteiger partial charge in [-0.05, 0) is 41.5 Å². The summed E-state index contributed by atoms with van der Waals surface area (Å²) in [4.78, 5) is 28.3. The van der Waals surface area contributed by atoms with E-state index in [0.29, 0.717) is 22.5 Å². The molecule has 0 bridgehead atoms. The number of pyridine rings is 1. The standard InChI is InChI=1S/C25H24F3N5O3/c26-25(27,28)21-11-10-18(15-31-21)32-24(36)23(30-13-14-34)17-8-5-16(6-9-17)7-12-22(35)33-20-4-2-1-3-19(20)29/h1-12,15,23,30,34H,13-14,29H2,(H,32,36)(H,33,35)/b12-7+. The van der Waals surface area contributed by atoms with Crippen LogP contribution >= 0.6 is 0 Å². The van der Waals surface area contributed by atoms with E-state index < -0.39 is 23.8 Å². The van der Waals surface area contributed by atoms with E-state index in [-0.39, 0.29) is 24.7 Å². The number of carbonyl (C=O) groups excluding carboxylic acids is 2. The minimum atomic E-state index is -4.58. The number of benzene rings is 2. The molecule has 0 aliphatic rings. The summed E-state index contributed by atoms with van der Waals surface area (Å²) in [6.45, 7) is -0.124. The van der Waals surface area contributed by atoms with Crippen molar-refractivity contribution in [1.82, 2.24) is 10.3 Å². The number of nitrogen functional groups attached to an aromatic ring is 1. The van der Waals surface area contributed by atoms with Crippen molar-refractivity contribution in [1.29, 1.82) is 0 Å². The Morgan fingerprint density at radius 1 is 1.03 bits per heavy atom. The van der Waals surface area contributed by atoms with Crippen LogP contribution in [0.1, 0.15) is 22.9 Å². The fraction of sp³-hybridized carbons (Fsp3) is 0.160. The Labute approximate surface area is 205 Å². The fourth-order valence-electron chi connectivity index (χ4n) is 3.18. The van der Waals surface area contributed by atoms with Crippen molar-refractivity contribution in [3.8, 4) is 0 Å². The largest absolute Gasteiger partial charge is 0.433 e. The number of halogens is 3. The summed E-state index contributed by atoms with van der Waals surface area (Å²) in [5.41, 5.74) is 6.99. The Hall–Kier alpha value is -4.22. The molecule has 0 saturated heterocycles. The number of nitrogens with one attached hydrogen (secondary N) is 3. The van der Waals surface area contributed by atoms with Crippen LogP contribution in [-0.4, -0.2) is 35.1 Å². The molecule has 3 aromatic rings. The molecule has 6 N–H and O–H groups in total. The highest BCUT2D eigenvalue weighted by Gasteiger charge is 2.32. The second-order valence-corrected chi connectivity index (χ2v) is 7.61. The molecule has 0 fully saturated rings. The van der Waals surface area contributed by atoms with Crippen LogP contribution in [0.2, 0.25) is 0 Å². The summed E-state index contributed by atoms with van der Waals surface area (Å²) in [6, 6.07) is 14.5. The molecule has 0 spiro atoms. The molecule has 188 valence electrons. The highest BCUT2D eigenvalue weighted by molar-refractivity contribution is 6.03. The number of amides is 2. The van der Waals surface area contributed by atoms with Gasteiger partial charge in [-0.3, -0.25) is 14.9 Å². The molecule has 1 aromatic heterocycles. The van der Waals surface area contributed by atoms with Crippen LogP contribution in [0.4, 0.5) is 30.2 Å². The minimum absolute atomic E-state index is 0.0911. The lowest BCUT2D eigenvalue weighted by Gasteiger charge is -2.19. The molecule has 2 aromatic carbocycles. The van der Waals surface area contributed by atoms with Gasteiger partial charge in [0.25, 0.3) is 0 Å². The Kier molecular flexibility index (Phi) is 8.76. The van der Waals surface area contributed by atoms with E-state index in [9.17, 15) is 22.8 Å². The van der Waals surface area contributed by atoms with Gasteiger partial charge in [0.05, 0.1) is 29.9 Å². The van der Waals surface area contributed by atoms with Gasteiger partial charge in [-0.2, -0.15) is 13.2 Å². The predicted octanol–water partition coefficient (Wildman–Crippen LogP) is 3.60. The average molecular weight is 499 g/mol. The van der Waals surface area contributed by atoms with E-state index in [2.05, 4.69) is 20.9 Å². The average Bonchev–Trinajstić information content (AvgIpc) is 2.85. The van der Waals surface area contributed by atoms with E-state index in [0.717, 1.165) is 18.3 Å². The lowest BCUT2D eigenvalue weighted by atomic mass is 10.0. The lowest BCUT2D eigenvalue weighted by molar-refractivity contribution is -0.141. The molecule has 1 unspecified atom stereocenters. The summed E-state index contributed by atoms with van der Waals surface area (Å²) < 4.78 is 38.1. The summed E-state index contributed by atoms with van der Waals surface area (Å²) in [6.07, 6.45) is -0.735. The van der Waals surface area contributed by atoms with E-state index in [1.165, 1.54) is 6.08 Å². The maximum Gasteiger partial charge on any atom is 0.433 e. The molecule has 1 heterocycles. The first-order chi connectivity index (χ1) is 17.2. The zero-order chi connectivity index (χ0) is 26.1. The van der Waals surface area contributed by atoms with Crippen molar-refractivity contribution >= 4 is 35.0 Å². The van der Waals surface area contributed by atoms with Gasteiger partial charge in [-0.25, -0.2) is 4.98 Å². The van der Waals surface area contributed by atoms with Crippen molar-refractivity contribution in [2.75, 3.05) is 29.5 Å². The maximum absolute atomic E-state index is 12.8. The molecule has 2 amide bonds. The van der Waals surface area contributed by atoms with Gasteiger partial charge in [-0.1, -0.05) is 36.4 Å². The van der Waals surface area contributed by atoms with Crippen LogP contribution in [0, 0.1) is 0 Å². The van der Waals surface area contributed by atoms with E-state index in [1.807, 2.05) is 0 Å². The number of alkyl halides is 3. The molecule has 0 saturated carbocycles. The van der Waals surface area contributed by atoms with Crippen LogP contribution < -0.4 is 21.7 Å². The van der Waals surface area contributed by atoms with Gasteiger partial charge >= 0.3 is 6.18 Å². The van der Waals surface area contributed by atoms with Gasteiger partial charge in [0.2, 0.25) is 11.8 Å². The quantitative estimate of drug-likeness (QED) is 0.226. The van der Waals surface area contributed by atoms with Crippen LogP contribution in [0.3, 0.4) is 0 Å². The lowest BCUT2D eigenvalue weighted by Crippen LogP contribution is -2.34.